The fraction of sp³-hybridized carbons (Fsp3) is 0.857. The number of rotatable bonds is 5. The maximum absolute atomic E-state index is 11.4. The topological polar surface area (TPSA) is 53.3 Å². The summed E-state index contributed by atoms with van der Waals surface area (Å²) in [4.78, 5) is 13.8. The van der Waals surface area contributed by atoms with Crippen LogP contribution in [0.15, 0.2) is 0 Å². The predicted octanol–water partition coefficient (Wildman–Crippen LogP) is 2.20. The van der Waals surface area contributed by atoms with Crippen LogP contribution in [0, 0.1) is 22.7 Å². The van der Waals surface area contributed by atoms with Crippen molar-refractivity contribution in [1.29, 1.82) is 5.26 Å². The molecular weight excluding hydrogens is 228 g/mol. The van der Waals surface area contributed by atoms with Crippen molar-refractivity contribution < 1.29 is 9.53 Å². The van der Waals surface area contributed by atoms with Crippen LogP contribution in [-0.4, -0.2) is 37.6 Å². The molecule has 0 radical (unpaired) electrons. The van der Waals surface area contributed by atoms with Crippen molar-refractivity contribution >= 4 is 5.97 Å². The molecule has 0 amide bonds. The number of hydrogen-bond donors (Lipinski definition) is 0. The van der Waals surface area contributed by atoms with Crippen molar-refractivity contribution in [1.82, 2.24) is 4.90 Å². The minimum Gasteiger partial charge on any atom is -0.469 e. The monoisotopic (exact) mass is 252 g/mol. The molecule has 4 nitrogen and oxygen atoms in total. The summed E-state index contributed by atoms with van der Waals surface area (Å²) in [5.41, 5.74) is -0.218. The summed E-state index contributed by atoms with van der Waals surface area (Å²) < 4.78 is 4.77. The number of esters is 1. The maximum Gasteiger partial charge on any atom is 0.308 e. The average molecular weight is 252 g/mol. The molecule has 0 saturated carbocycles. The van der Waals surface area contributed by atoms with Gasteiger partial charge in [-0.2, -0.15) is 5.26 Å². The van der Waals surface area contributed by atoms with Gasteiger partial charge in [-0.05, 0) is 59.2 Å². The van der Waals surface area contributed by atoms with Crippen LogP contribution in [0.4, 0.5) is 0 Å². The van der Waals surface area contributed by atoms with Gasteiger partial charge in [0.1, 0.15) is 0 Å². The highest BCUT2D eigenvalue weighted by Crippen LogP contribution is 2.22. The minimum absolute atomic E-state index is 0.0692. The third-order valence-corrected chi connectivity index (χ3v) is 3.70. The number of nitrogens with zero attached hydrogens (tertiary/aromatic N) is 2. The van der Waals surface area contributed by atoms with E-state index in [1.54, 1.807) is 0 Å². The van der Waals surface area contributed by atoms with E-state index in [0.29, 0.717) is 0 Å². The Balaban J connectivity index is 2.21. The van der Waals surface area contributed by atoms with Crippen LogP contribution in [0.2, 0.25) is 0 Å². The highest BCUT2D eigenvalue weighted by Gasteiger charge is 2.25. The van der Waals surface area contributed by atoms with Gasteiger partial charge in [-0.15, -0.1) is 0 Å². The van der Waals surface area contributed by atoms with E-state index in [0.717, 1.165) is 45.3 Å². The molecule has 0 aromatic rings. The molecule has 0 bridgehead atoms. The lowest BCUT2D eigenvalue weighted by molar-refractivity contribution is -0.147. The lowest BCUT2D eigenvalue weighted by atomic mass is 9.89. The summed E-state index contributed by atoms with van der Waals surface area (Å²) in [7, 11) is 1.46. The van der Waals surface area contributed by atoms with Gasteiger partial charge in [0.2, 0.25) is 0 Å². The summed E-state index contributed by atoms with van der Waals surface area (Å²) in [6, 6.07) is 2.33. The number of ether oxygens (including phenoxy) is 1. The smallest absolute Gasteiger partial charge is 0.308 e. The first-order valence-electron chi connectivity index (χ1n) is 6.70. The molecule has 4 heteroatoms. The van der Waals surface area contributed by atoms with E-state index in [2.05, 4.69) is 11.0 Å². The van der Waals surface area contributed by atoms with Crippen molar-refractivity contribution in [3.63, 3.8) is 0 Å². The highest BCUT2D eigenvalue weighted by molar-refractivity contribution is 5.72. The molecular formula is C14H24N2O2. The standard InChI is InChI=1S/C14H24N2O2/c1-14(2,11-15)7-4-8-16-9-5-12(6-10-16)13(17)18-3/h12H,4-10H2,1-3H3. The second-order valence-electron chi connectivity index (χ2n) is 5.74. The summed E-state index contributed by atoms with van der Waals surface area (Å²) >= 11 is 0. The first-order valence-corrected chi connectivity index (χ1v) is 6.70. The van der Waals surface area contributed by atoms with E-state index in [-0.39, 0.29) is 17.3 Å². The molecule has 18 heavy (non-hydrogen) atoms. The number of piperidine rings is 1. The Morgan fingerprint density at radius 2 is 2.06 bits per heavy atom. The average Bonchev–Trinajstić information content (AvgIpc) is 2.38. The van der Waals surface area contributed by atoms with E-state index >= 15 is 0 Å². The lowest BCUT2D eigenvalue weighted by Crippen LogP contribution is -2.37. The molecule has 1 heterocycles. The highest BCUT2D eigenvalue weighted by atomic mass is 16.5. The zero-order chi connectivity index (χ0) is 13.6. The quantitative estimate of drug-likeness (QED) is 0.704. The van der Waals surface area contributed by atoms with Crippen molar-refractivity contribution in [2.45, 2.75) is 39.5 Å². The van der Waals surface area contributed by atoms with E-state index in [1.165, 1.54) is 7.11 Å². The molecule has 0 unspecified atom stereocenters. The number of nitriles is 1. The fourth-order valence-electron chi connectivity index (χ4n) is 2.36. The second kappa shape index (κ2) is 6.75. The van der Waals surface area contributed by atoms with Crippen LogP contribution in [-0.2, 0) is 9.53 Å². The number of carbonyl (C=O) groups is 1. The van der Waals surface area contributed by atoms with E-state index < -0.39 is 0 Å². The Labute approximate surface area is 110 Å². The SMILES string of the molecule is COC(=O)C1CCN(CCCC(C)(C)C#N)CC1. The van der Waals surface area contributed by atoms with Crippen LogP contribution >= 0.6 is 0 Å². The molecule has 0 aromatic heterocycles. The van der Waals surface area contributed by atoms with Gasteiger partial charge in [0.05, 0.1) is 24.5 Å². The number of hydrogen-bond acceptors (Lipinski definition) is 4. The van der Waals surface area contributed by atoms with E-state index in [4.69, 9.17) is 10.00 Å². The molecule has 1 rings (SSSR count). The van der Waals surface area contributed by atoms with Gasteiger partial charge in [-0.3, -0.25) is 4.79 Å². The summed E-state index contributed by atoms with van der Waals surface area (Å²) in [6.07, 6.45) is 3.77. The first kappa shape index (κ1) is 15.0. The zero-order valence-corrected chi connectivity index (χ0v) is 11.7. The Hall–Kier alpha value is -1.08. The van der Waals surface area contributed by atoms with Crippen molar-refractivity contribution in [2.24, 2.45) is 11.3 Å². The minimum atomic E-state index is -0.218. The Bertz CT molecular complexity index is 312. The zero-order valence-electron chi connectivity index (χ0n) is 11.7. The predicted molar refractivity (Wildman–Crippen MR) is 69.8 cm³/mol. The summed E-state index contributed by atoms with van der Waals surface area (Å²) in [6.45, 7) is 6.92. The van der Waals surface area contributed by atoms with Gasteiger partial charge in [-0.25, -0.2) is 0 Å². The van der Waals surface area contributed by atoms with Gasteiger partial charge in [0.15, 0.2) is 0 Å². The molecule has 0 N–H and O–H groups in total. The summed E-state index contributed by atoms with van der Waals surface area (Å²) in [5.74, 6) is 0.0158. The lowest BCUT2D eigenvalue weighted by Gasteiger charge is -2.31. The van der Waals surface area contributed by atoms with Crippen molar-refractivity contribution in [3.8, 4) is 6.07 Å². The second-order valence-corrected chi connectivity index (χ2v) is 5.74. The molecule has 0 atom stereocenters. The number of likely N-dealkylation sites (tertiary alicyclic amines) is 1. The van der Waals surface area contributed by atoms with Crippen molar-refractivity contribution in [3.05, 3.63) is 0 Å². The Morgan fingerprint density at radius 3 is 2.56 bits per heavy atom. The number of methoxy groups -OCH3 is 1. The van der Waals surface area contributed by atoms with Gasteiger partial charge in [0.25, 0.3) is 0 Å². The molecule has 1 aliphatic heterocycles. The first-order chi connectivity index (χ1) is 8.48. The Kier molecular flexibility index (Phi) is 5.61. The van der Waals surface area contributed by atoms with E-state index in [9.17, 15) is 4.79 Å². The van der Waals surface area contributed by atoms with Gasteiger partial charge in [0, 0.05) is 0 Å². The van der Waals surface area contributed by atoms with Crippen LogP contribution in [0.25, 0.3) is 0 Å². The maximum atomic E-state index is 11.4. The molecule has 1 aliphatic rings. The normalized spacial score (nSPS) is 18.3. The van der Waals surface area contributed by atoms with Gasteiger partial charge >= 0.3 is 5.97 Å². The van der Waals surface area contributed by atoms with Crippen LogP contribution in [0.1, 0.15) is 39.5 Å². The van der Waals surface area contributed by atoms with Crippen LogP contribution in [0.3, 0.4) is 0 Å². The fourth-order valence-corrected chi connectivity index (χ4v) is 2.36. The third kappa shape index (κ3) is 4.66. The van der Waals surface area contributed by atoms with Crippen molar-refractivity contribution in [2.75, 3.05) is 26.7 Å². The number of carbonyl (C=O) groups excluding carboxylic acids is 1. The molecule has 1 saturated heterocycles. The van der Waals surface area contributed by atoms with Gasteiger partial charge in [-0.1, -0.05) is 0 Å². The molecule has 0 aliphatic carbocycles. The third-order valence-electron chi connectivity index (χ3n) is 3.70. The molecule has 0 spiro atoms. The largest absolute Gasteiger partial charge is 0.469 e. The molecule has 1 fully saturated rings. The Morgan fingerprint density at radius 1 is 1.44 bits per heavy atom. The van der Waals surface area contributed by atoms with Crippen LogP contribution < -0.4 is 0 Å². The van der Waals surface area contributed by atoms with E-state index in [1.807, 2.05) is 13.8 Å². The molecule has 102 valence electrons. The molecule has 0 aromatic carbocycles. The van der Waals surface area contributed by atoms with Crippen LogP contribution in [0.5, 0.6) is 0 Å². The van der Waals surface area contributed by atoms with Gasteiger partial charge < -0.3 is 9.64 Å². The summed E-state index contributed by atoms with van der Waals surface area (Å²) in [5, 5.41) is 8.94.